The van der Waals surface area contributed by atoms with Crippen LogP contribution >= 0.6 is 0 Å². The number of fused-ring (bicyclic) bond motifs is 1. The molecule has 1 atom stereocenters. The summed E-state index contributed by atoms with van der Waals surface area (Å²) in [6, 6.07) is 3.72. The molecule has 0 aromatic heterocycles. The van der Waals surface area contributed by atoms with Gasteiger partial charge in [0.1, 0.15) is 5.75 Å². The monoisotopic (exact) mass is 199 g/mol. The summed E-state index contributed by atoms with van der Waals surface area (Å²) < 4.78 is 25.2. The molecule has 1 aliphatic heterocycles. The van der Waals surface area contributed by atoms with Crippen LogP contribution in [0.2, 0.25) is 0 Å². The zero-order valence-electron chi connectivity index (χ0n) is 7.50. The summed E-state index contributed by atoms with van der Waals surface area (Å²) in [5.74, 6) is 0.0399. The Labute approximate surface area is 80.6 Å². The fourth-order valence-corrected chi connectivity index (χ4v) is 1.80. The van der Waals surface area contributed by atoms with Crippen molar-refractivity contribution in [3.05, 3.63) is 29.3 Å². The van der Waals surface area contributed by atoms with E-state index in [1.54, 1.807) is 6.07 Å². The molecule has 1 heterocycles. The molecule has 0 saturated heterocycles. The normalized spacial score (nSPS) is 20.9. The molecule has 0 fully saturated rings. The molecule has 0 aliphatic carbocycles. The van der Waals surface area contributed by atoms with Gasteiger partial charge in [0.2, 0.25) is 0 Å². The molecule has 1 aliphatic rings. The molecule has 14 heavy (non-hydrogen) atoms. The number of hydrogen-bond acceptors (Lipinski definition) is 2. The predicted octanol–water partition coefficient (Wildman–Crippen LogP) is 1.84. The second-order valence-corrected chi connectivity index (χ2v) is 3.40. The zero-order chi connectivity index (χ0) is 10.1. The minimum absolute atomic E-state index is 0.0399. The first kappa shape index (κ1) is 9.40. The van der Waals surface area contributed by atoms with Crippen LogP contribution in [0.25, 0.3) is 0 Å². The molecule has 0 radical (unpaired) electrons. The molecule has 0 bridgehead atoms. The lowest BCUT2D eigenvalue weighted by Crippen LogP contribution is -2.34. The van der Waals surface area contributed by atoms with Gasteiger partial charge >= 0.3 is 0 Å². The second-order valence-electron chi connectivity index (χ2n) is 3.40. The Kier molecular flexibility index (Phi) is 2.37. The molecule has 2 rings (SSSR count). The number of aromatic hydroxyl groups is 1. The lowest BCUT2D eigenvalue weighted by atomic mass is 9.94. The standard InChI is InChI=1S/C10H11F2NO/c11-10(12)9-8-5-7(14)2-1-6(8)3-4-13-9/h1-2,5,9-10,13-14H,3-4H2. The quantitative estimate of drug-likeness (QED) is 0.723. The van der Waals surface area contributed by atoms with Crippen LogP contribution in [0, 0.1) is 0 Å². The van der Waals surface area contributed by atoms with Crippen LogP contribution in [0.5, 0.6) is 5.75 Å². The van der Waals surface area contributed by atoms with Gasteiger partial charge in [-0.2, -0.15) is 0 Å². The number of phenols is 1. The number of phenolic OH excluding ortho intramolecular Hbond substituents is 1. The van der Waals surface area contributed by atoms with Gasteiger partial charge in [-0.15, -0.1) is 0 Å². The van der Waals surface area contributed by atoms with Gasteiger partial charge in [0.15, 0.2) is 0 Å². The van der Waals surface area contributed by atoms with Crippen LogP contribution in [0.15, 0.2) is 18.2 Å². The minimum atomic E-state index is -2.43. The predicted molar refractivity (Wildman–Crippen MR) is 48.6 cm³/mol. The Bertz CT molecular complexity index is 341. The van der Waals surface area contributed by atoms with Crippen molar-refractivity contribution in [3.63, 3.8) is 0 Å². The molecular weight excluding hydrogens is 188 g/mol. The SMILES string of the molecule is Oc1ccc2c(c1)C(C(F)F)NCC2. The van der Waals surface area contributed by atoms with E-state index in [0.717, 1.165) is 12.0 Å². The number of rotatable bonds is 1. The summed E-state index contributed by atoms with van der Waals surface area (Å²) >= 11 is 0. The number of alkyl halides is 2. The summed E-state index contributed by atoms with van der Waals surface area (Å²) in [4.78, 5) is 0. The van der Waals surface area contributed by atoms with E-state index in [4.69, 9.17) is 0 Å². The Balaban J connectivity index is 2.41. The molecule has 1 aromatic rings. The Morgan fingerprint density at radius 2 is 2.21 bits per heavy atom. The maximum atomic E-state index is 12.6. The van der Waals surface area contributed by atoms with Crippen LogP contribution in [-0.4, -0.2) is 18.1 Å². The Morgan fingerprint density at radius 1 is 1.43 bits per heavy atom. The van der Waals surface area contributed by atoms with Gasteiger partial charge in [-0.05, 0) is 36.2 Å². The number of halogens is 2. The fourth-order valence-electron chi connectivity index (χ4n) is 1.80. The van der Waals surface area contributed by atoms with Crippen LogP contribution in [0.3, 0.4) is 0 Å². The van der Waals surface area contributed by atoms with Crippen LogP contribution in [-0.2, 0) is 6.42 Å². The first-order valence-electron chi connectivity index (χ1n) is 4.52. The van der Waals surface area contributed by atoms with Gasteiger partial charge in [-0.3, -0.25) is 0 Å². The molecule has 1 unspecified atom stereocenters. The van der Waals surface area contributed by atoms with Crippen molar-refractivity contribution in [1.29, 1.82) is 0 Å². The topological polar surface area (TPSA) is 32.3 Å². The highest BCUT2D eigenvalue weighted by atomic mass is 19.3. The lowest BCUT2D eigenvalue weighted by Gasteiger charge is -2.26. The molecule has 0 amide bonds. The van der Waals surface area contributed by atoms with Gasteiger partial charge in [0.05, 0.1) is 6.04 Å². The van der Waals surface area contributed by atoms with Gasteiger partial charge in [0.25, 0.3) is 6.43 Å². The highest BCUT2D eigenvalue weighted by molar-refractivity contribution is 5.38. The zero-order valence-corrected chi connectivity index (χ0v) is 7.50. The molecule has 1 aromatic carbocycles. The van der Waals surface area contributed by atoms with Crippen molar-refractivity contribution in [2.24, 2.45) is 0 Å². The van der Waals surface area contributed by atoms with E-state index in [9.17, 15) is 13.9 Å². The van der Waals surface area contributed by atoms with E-state index in [-0.39, 0.29) is 5.75 Å². The molecule has 0 spiro atoms. The van der Waals surface area contributed by atoms with Crippen molar-refractivity contribution in [2.75, 3.05) is 6.54 Å². The van der Waals surface area contributed by atoms with Crippen molar-refractivity contribution in [2.45, 2.75) is 18.9 Å². The van der Waals surface area contributed by atoms with Crippen LogP contribution in [0.4, 0.5) is 8.78 Å². The molecule has 0 saturated carbocycles. The summed E-state index contributed by atoms with van der Waals surface area (Å²) in [6.45, 7) is 0.562. The van der Waals surface area contributed by atoms with E-state index in [2.05, 4.69) is 5.32 Å². The van der Waals surface area contributed by atoms with E-state index in [0.29, 0.717) is 12.1 Å². The van der Waals surface area contributed by atoms with Gasteiger partial charge in [-0.25, -0.2) is 8.78 Å². The van der Waals surface area contributed by atoms with E-state index in [1.807, 2.05) is 0 Å². The largest absolute Gasteiger partial charge is 0.508 e. The van der Waals surface area contributed by atoms with E-state index >= 15 is 0 Å². The van der Waals surface area contributed by atoms with Crippen molar-refractivity contribution in [3.8, 4) is 5.75 Å². The summed E-state index contributed by atoms with van der Waals surface area (Å²) in [7, 11) is 0. The fraction of sp³-hybridized carbons (Fsp3) is 0.400. The maximum Gasteiger partial charge on any atom is 0.257 e. The van der Waals surface area contributed by atoms with Crippen molar-refractivity contribution in [1.82, 2.24) is 5.32 Å². The second kappa shape index (κ2) is 3.53. The van der Waals surface area contributed by atoms with E-state index < -0.39 is 12.5 Å². The van der Waals surface area contributed by atoms with E-state index in [1.165, 1.54) is 12.1 Å². The highest BCUT2D eigenvalue weighted by Gasteiger charge is 2.27. The average Bonchev–Trinajstić information content (AvgIpc) is 2.16. The minimum Gasteiger partial charge on any atom is -0.508 e. The summed E-state index contributed by atoms with van der Waals surface area (Å²) in [5.41, 5.74) is 1.41. The lowest BCUT2D eigenvalue weighted by molar-refractivity contribution is 0.0953. The van der Waals surface area contributed by atoms with Crippen molar-refractivity contribution < 1.29 is 13.9 Å². The van der Waals surface area contributed by atoms with Crippen molar-refractivity contribution >= 4 is 0 Å². The number of benzene rings is 1. The third-order valence-electron chi connectivity index (χ3n) is 2.48. The van der Waals surface area contributed by atoms with Crippen LogP contribution in [0.1, 0.15) is 17.2 Å². The number of hydrogen-bond donors (Lipinski definition) is 2. The highest BCUT2D eigenvalue weighted by Crippen LogP contribution is 2.30. The molecule has 2 nitrogen and oxygen atoms in total. The smallest absolute Gasteiger partial charge is 0.257 e. The van der Waals surface area contributed by atoms with Gasteiger partial charge in [0, 0.05) is 0 Å². The first-order chi connectivity index (χ1) is 6.68. The third-order valence-corrected chi connectivity index (χ3v) is 2.48. The molecule has 4 heteroatoms. The van der Waals surface area contributed by atoms with Gasteiger partial charge < -0.3 is 10.4 Å². The average molecular weight is 199 g/mol. The number of nitrogens with one attached hydrogen (secondary N) is 1. The third kappa shape index (κ3) is 1.57. The molecular formula is C10H11F2NO. The Morgan fingerprint density at radius 3 is 2.93 bits per heavy atom. The van der Waals surface area contributed by atoms with Gasteiger partial charge in [-0.1, -0.05) is 6.07 Å². The molecule has 76 valence electrons. The summed E-state index contributed by atoms with van der Waals surface area (Å²) in [5, 5.41) is 12.0. The first-order valence-corrected chi connectivity index (χ1v) is 4.52. The Hall–Kier alpha value is -1.16. The molecule has 2 N–H and O–H groups in total. The van der Waals surface area contributed by atoms with Crippen LogP contribution < -0.4 is 5.32 Å². The maximum absolute atomic E-state index is 12.6. The summed E-state index contributed by atoms with van der Waals surface area (Å²) in [6.07, 6.45) is -1.70.